The number of rotatable bonds is 3. The summed E-state index contributed by atoms with van der Waals surface area (Å²) in [6.45, 7) is 6.25. The highest BCUT2D eigenvalue weighted by atomic mass is 32.1. The van der Waals surface area contributed by atoms with Crippen LogP contribution in [0.2, 0.25) is 0 Å². The first-order valence-corrected chi connectivity index (χ1v) is 10.7. The number of anilines is 1. The van der Waals surface area contributed by atoms with Crippen LogP contribution in [0.5, 0.6) is 0 Å². The Hall–Kier alpha value is -3.44. The molecular weight excluding hydrogens is 390 g/mol. The van der Waals surface area contributed by atoms with E-state index in [9.17, 15) is 0 Å². The second-order valence-corrected chi connectivity index (χ2v) is 8.56. The standard InChI is InChI=1S/C25H21N3OS/c1-15-8-10-18(11-9-15)21-14-20(24-17(3)12-16(2)13-22(24)29-21)27-28-25-26-19-6-4-5-7-23(19)30-25/h4-14H,1-3H3,(H,26,28)/b27-20+. The zero-order chi connectivity index (χ0) is 20.7. The molecule has 0 spiro atoms. The molecule has 0 aliphatic carbocycles. The summed E-state index contributed by atoms with van der Waals surface area (Å²) in [6.07, 6.45) is 0. The van der Waals surface area contributed by atoms with Crippen LogP contribution in [0.25, 0.3) is 32.5 Å². The molecule has 0 atom stereocenters. The van der Waals surface area contributed by atoms with Crippen molar-refractivity contribution in [3.05, 3.63) is 88.8 Å². The first kappa shape index (κ1) is 18.6. The van der Waals surface area contributed by atoms with Crippen molar-refractivity contribution in [3.8, 4) is 11.3 Å². The minimum Gasteiger partial charge on any atom is -0.456 e. The van der Waals surface area contributed by atoms with Crippen LogP contribution in [0.3, 0.4) is 0 Å². The molecule has 2 aromatic heterocycles. The molecule has 5 aromatic rings. The van der Waals surface area contributed by atoms with Gasteiger partial charge >= 0.3 is 0 Å². The quantitative estimate of drug-likeness (QED) is 0.342. The third-order valence-corrected chi connectivity index (χ3v) is 6.03. The van der Waals surface area contributed by atoms with Crippen LogP contribution >= 0.6 is 11.3 Å². The Morgan fingerprint density at radius 2 is 1.70 bits per heavy atom. The molecule has 3 aromatic carbocycles. The number of para-hydroxylation sites is 1. The van der Waals surface area contributed by atoms with Gasteiger partial charge in [-0.15, -0.1) is 0 Å². The molecule has 0 saturated carbocycles. The van der Waals surface area contributed by atoms with Crippen LogP contribution < -0.4 is 10.8 Å². The predicted molar refractivity (Wildman–Crippen MR) is 125 cm³/mol. The third-order valence-electron chi connectivity index (χ3n) is 5.09. The lowest BCUT2D eigenvalue weighted by Gasteiger charge is -2.08. The Kier molecular flexibility index (Phi) is 4.60. The number of nitrogens with zero attached hydrogens (tertiary/aromatic N) is 2. The maximum Gasteiger partial charge on any atom is 0.204 e. The fourth-order valence-corrected chi connectivity index (χ4v) is 4.47. The van der Waals surface area contributed by atoms with Crippen molar-refractivity contribution in [3.63, 3.8) is 0 Å². The van der Waals surface area contributed by atoms with Gasteiger partial charge < -0.3 is 4.42 Å². The lowest BCUT2D eigenvalue weighted by atomic mass is 10.0. The van der Waals surface area contributed by atoms with Gasteiger partial charge in [0.1, 0.15) is 11.3 Å². The molecule has 0 unspecified atom stereocenters. The summed E-state index contributed by atoms with van der Waals surface area (Å²) in [4.78, 5) is 4.62. The number of benzene rings is 3. The fourth-order valence-electron chi connectivity index (χ4n) is 3.66. The predicted octanol–water partition coefficient (Wildman–Crippen LogP) is 6.56. The summed E-state index contributed by atoms with van der Waals surface area (Å²) in [5.74, 6) is 0.789. The Labute approximate surface area is 178 Å². The Bertz CT molecular complexity index is 1410. The van der Waals surface area contributed by atoms with E-state index in [1.807, 2.05) is 24.3 Å². The molecule has 0 fully saturated rings. The minimum atomic E-state index is 0.770. The van der Waals surface area contributed by atoms with Gasteiger partial charge in [-0.3, -0.25) is 5.43 Å². The second-order valence-electron chi connectivity index (χ2n) is 7.53. The maximum absolute atomic E-state index is 6.29. The van der Waals surface area contributed by atoms with E-state index in [-0.39, 0.29) is 0 Å². The summed E-state index contributed by atoms with van der Waals surface area (Å²) in [6, 6.07) is 22.6. The van der Waals surface area contributed by atoms with Crippen molar-refractivity contribution in [1.82, 2.24) is 4.98 Å². The second kappa shape index (κ2) is 7.43. The minimum absolute atomic E-state index is 0.770. The van der Waals surface area contributed by atoms with Crippen LogP contribution in [-0.2, 0) is 0 Å². The highest BCUT2D eigenvalue weighted by Crippen LogP contribution is 2.27. The van der Waals surface area contributed by atoms with E-state index in [0.717, 1.165) is 54.1 Å². The van der Waals surface area contributed by atoms with Crippen molar-refractivity contribution in [2.75, 3.05) is 5.43 Å². The lowest BCUT2D eigenvalue weighted by Crippen LogP contribution is -2.09. The Morgan fingerprint density at radius 1 is 0.900 bits per heavy atom. The van der Waals surface area contributed by atoms with Crippen molar-refractivity contribution in [2.45, 2.75) is 20.8 Å². The van der Waals surface area contributed by atoms with Gasteiger partial charge in [-0.1, -0.05) is 59.4 Å². The van der Waals surface area contributed by atoms with E-state index in [1.165, 1.54) is 5.56 Å². The molecule has 148 valence electrons. The van der Waals surface area contributed by atoms with Gasteiger partial charge in [0.25, 0.3) is 0 Å². The molecule has 2 heterocycles. The van der Waals surface area contributed by atoms with E-state index in [0.29, 0.717) is 0 Å². The summed E-state index contributed by atoms with van der Waals surface area (Å²) in [5, 5.41) is 7.34. The average Bonchev–Trinajstić information content (AvgIpc) is 3.15. The van der Waals surface area contributed by atoms with E-state index in [2.05, 4.69) is 73.6 Å². The van der Waals surface area contributed by atoms with Gasteiger partial charge in [0.15, 0.2) is 0 Å². The van der Waals surface area contributed by atoms with E-state index in [1.54, 1.807) is 11.3 Å². The molecule has 0 radical (unpaired) electrons. The summed E-state index contributed by atoms with van der Waals surface area (Å²) in [7, 11) is 0. The van der Waals surface area contributed by atoms with Gasteiger partial charge in [-0.25, -0.2) is 4.98 Å². The Balaban J connectivity index is 1.68. The third kappa shape index (κ3) is 3.48. The zero-order valence-corrected chi connectivity index (χ0v) is 17.9. The molecule has 0 bridgehead atoms. The molecule has 5 rings (SSSR count). The molecule has 1 N–H and O–H groups in total. The van der Waals surface area contributed by atoms with Crippen molar-refractivity contribution in [1.29, 1.82) is 0 Å². The van der Waals surface area contributed by atoms with Gasteiger partial charge in [0.05, 0.1) is 15.6 Å². The van der Waals surface area contributed by atoms with Gasteiger partial charge in [-0.05, 0) is 50.1 Å². The smallest absolute Gasteiger partial charge is 0.204 e. The number of aryl methyl sites for hydroxylation is 3. The number of nitrogens with one attached hydrogen (secondary N) is 1. The summed E-state index contributed by atoms with van der Waals surface area (Å²) in [5.41, 5.74) is 9.50. The number of hydrogen-bond donors (Lipinski definition) is 1. The van der Waals surface area contributed by atoms with Crippen LogP contribution in [0, 0.1) is 20.8 Å². The number of hydrogen-bond acceptors (Lipinski definition) is 5. The fraction of sp³-hybridized carbons (Fsp3) is 0.120. The van der Waals surface area contributed by atoms with Crippen LogP contribution in [0.15, 0.2) is 76.2 Å². The molecule has 0 saturated heterocycles. The number of aromatic nitrogens is 1. The molecule has 4 nitrogen and oxygen atoms in total. The topological polar surface area (TPSA) is 50.4 Å². The first-order chi connectivity index (χ1) is 14.6. The van der Waals surface area contributed by atoms with E-state index >= 15 is 0 Å². The highest BCUT2D eigenvalue weighted by Gasteiger charge is 2.10. The maximum atomic E-state index is 6.29. The molecule has 0 amide bonds. The average molecular weight is 412 g/mol. The van der Waals surface area contributed by atoms with E-state index in [4.69, 9.17) is 9.52 Å². The van der Waals surface area contributed by atoms with E-state index < -0.39 is 0 Å². The lowest BCUT2D eigenvalue weighted by molar-refractivity contribution is 0.617. The van der Waals surface area contributed by atoms with Crippen molar-refractivity contribution in [2.24, 2.45) is 5.10 Å². The van der Waals surface area contributed by atoms with Gasteiger partial charge in [0, 0.05) is 17.0 Å². The largest absolute Gasteiger partial charge is 0.456 e. The molecule has 0 aliphatic heterocycles. The van der Waals surface area contributed by atoms with Crippen molar-refractivity contribution < 1.29 is 4.42 Å². The number of thiazole rings is 1. The summed E-state index contributed by atoms with van der Waals surface area (Å²) < 4.78 is 7.42. The zero-order valence-electron chi connectivity index (χ0n) is 17.1. The highest BCUT2D eigenvalue weighted by molar-refractivity contribution is 7.22. The van der Waals surface area contributed by atoms with Crippen LogP contribution in [0.4, 0.5) is 5.13 Å². The van der Waals surface area contributed by atoms with Gasteiger partial charge in [0.2, 0.25) is 5.13 Å². The van der Waals surface area contributed by atoms with Crippen LogP contribution in [0.1, 0.15) is 16.7 Å². The van der Waals surface area contributed by atoms with Crippen molar-refractivity contribution >= 4 is 37.7 Å². The van der Waals surface area contributed by atoms with Gasteiger partial charge in [-0.2, -0.15) is 5.10 Å². The molecule has 30 heavy (non-hydrogen) atoms. The molecule has 0 aliphatic rings. The molecule has 5 heteroatoms. The summed E-state index contributed by atoms with van der Waals surface area (Å²) >= 11 is 1.59. The Morgan fingerprint density at radius 3 is 2.50 bits per heavy atom. The van der Waals surface area contributed by atoms with Crippen LogP contribution in [-0.4, -0.2) is 4.98 Å². The number of fused-ring (bicyclic) bond motifs is 2. The first-order valence-electron chi connectivity index (χ1n) is 9.84. The SMILES string of the molecule is Cc1ccc(-c2c/c(=N\Nc3nc4ccccc4s3)c3c(C)cc(C)cc3o2)cc1. The monoisotopic (exact) mass is 411 g/mol. The normalized spacial score (nSPS) is 12.0. The molecular formula is C25H21N3OS.